The van der Waals surface area contributed by atoms with Crippen molar-refractivity contribution in [3.05, 3.63) is 64.9 Å². The zero-order chi connectivity index (χ0) is 15.4. The average molecular weight is 315 g/mol. The first-order valence-electron chi connectivity index (χ1n) is 7.70. The van der Waals surface area contributed by atoms with Gasteiger partial charge in [0, 0.05) is 17.3 Å². The van der Waals surface area contributed by atoms with E-state index in [2.05, 4.69) is 22.4 Å². The molecule has 0 saturated heterocycles. The molecule has 1 amide bonds. The number of hydrogen-bond acceptors (Lipinski definition) is 2. The van der Waals surface area contributed by atoms with Crippen LogP contribution in [0.5, 0.6) is 0 Å². The topological polar surface area (TPSA) is 42.0 Å². The van der Waals surface area contributed by atoms with Crippen LogP contribution in [-0.4, -0.2) is 16.9 Å². The summed E-state index contributed by atoms with van der Waals surface area (Å²) < 4.78 is 0. The minimum absolute atomic E-state index is 0.0812. The van der Waals surface area contributed by atoms with Gasteiger partial charge in [-0.25, -0.2) is 0 Å². The summed E-state index contributed by atoms with van der Waals surface area (Å²) in [5.74, 6) is 0.405. The van der Waals surface area contributed by atoms with E-state index in [4.69, 9.17) is 11.6 Å². The Morgan fingerprint density at radius 1 is 1.14 bits per heavy atom. The zero-order valence-corrected chi connectivity index (χ0v) is 13.1. The highest BCUT2D eigenvalue weighted by atomic mass is 35.5. The van der Waals surface area contributed by atoms with Gasteiger partial charge in [0.2, 0.25) is 0 Å². The highest BCUT2D eigenvalue weighted by Gasteiger charge is 2.24. The van der Waals surface area contributed by atoms with E-state index in [0.717, 1.165) is 30.7 Å². The molecular weight excluding hydrogens is 296 g/mol. The maximum absolute atomic E-state index is 12.2. The van der Waals surface area contributed by atoms with Gasteiger partial charge < -0.3 is 5.32 Å². The van der Waals surface area contributed by atoms with E-state index in [1.165, 1.54) is 5.56 Å². The van der Waals surface area contributed by atoms with Gasteiger partial charge in [0.1, 0.15) is 5.69 Å². The molecule has 0 bridgehead atoms. The molecule has 114 valence electrons. The first kappa shape index (κ1) is 15.0. The van der Waals surface area contributed by atoms with Gasteiger partial charge in [0.25, 0.3) is 5.91 Å². The number of carbonyl (C=O) groups is 1. The van der Waals surface area contributed by atoms with Crippen molar-refractivity contribution in [3.8, 4) is 0 Å². The molecule has 3 nitrogen and oxygen atoms in total. The number of benzene rings is 1. The van der Waals surface area contributed by atoms with E-state index in [1.807, 2.05) is 24.3 Å². The van der Waals surface area contributed by atoms with Crippen LogP contribution in [0.15, 0.2) is 48.7 Å². The van der Waals surface area contributed by atoms with Gasteiger partial charge in [-0.1, -0.05) is 36.2 Å². The van der Waals surface area contributed by atoms with Crippen LogP contribution in [0.3, 0.4) is 0 Å². The van der Waals surface area contributed by atoms with Gasteiger partial charge in [-0.15, -0.1) is 0 Å². The molecule has 1 saturated carbocycles. The molecule has 1 aromatic heterocycles. The Balaban J connectivity index is 1.63. The molecule has 4 heteroatoms. The van der Waals surface area contributed by atoms with Gasteiger partial charge in [0.15, 0.2) is 0 Å². The van der Waals surface area contributed by atoms with Crippen molar-refractivity contribution in [2.45, 2.75) is 37.6 Å². The molecule has 1 aromatic carbocycles. The summed E-state index contributed by atoms with van der Waals surface area (Å²) >= 11 is 5.95. The van der Waals surface area contributed by atoms with Crippen molar-refractivity contribution in [2.75, 3.05) is 0 Å². The smallest absolute Gasteiger partial charge is 0.270 e. The van der Waals surface area contributed by atoms with Crippen LogP contribution in [0.4, 0.5) is 0 Å². The highest BCUT2D eigenvalue weighted by molar-refractivity contribution is 6.30. The molecule has 1 aliphatic rings. The van der Waals surface area contributed by atoms with Crippen molar-refractivity contribution in [3.63, 3.8) is 0 Å². The number of nitrogens with zero attached hydrogens (tertiary/aromatic N) is 1. The maximum atomic E-state index is 12.2. The number of halogens is 1. The predicted octanol–water partition coefficient (Wildman–Crippen LogP) is 4.19. The van der Waals surface area contributed by atoms with Crippen LogP contribution in [0.1, 0.15) is 47.7 Å². The fourth-order valence-electron chi connectivity index (χ4n) is 3.11. The summed E-state index contributed by atoms with van der Waals surface area (Å²) in [6, 6.07) is 13.7. The molecule has 22 heavy (non-hydrogen) atoms. The number of amides is 1. The Morgan fingerprint density at radius 3 is 2.68 bits per heavy atom. The number of nitrogens with one attached hydrogen (secondary N) is 1. The molecule has 1 heterocycles. The normalized spacial score (nSPS) is 21.3. The van der Waals surface area contributed by atoms with Crippen molar-refractivity contribution < 1.29 is 4.79 Å². The molecule has 1 aliphatic carbocycles. The van der Waals surface area contributed by atoms with E-state index in [9.17, 15) is 4.79 Å². The van der Waals surface area contributed by atoms with Crippen LogP contribution in [0.25, 0.3) is 0 Å². The lowest BCUT2D eigenvalue weighted by molar-refractivity contribution is 0.0920. The van der Waals surface area contributed by atoms with Gasteiger partial charge in [-0.3, -0.25) is 9.78 Å². The maximum Gasteiger partial charge on any atom is 0.270 e. The van der Waals surface area contributed by atoms with E-state index in [1.54, 1.807) is 12.3 Å². The van der Waals surface area contributed by atoms with Crippen LogP contribution < -0.4 is 5.32 Å². The van der Waals surface area contributed by atoms with Gasteiger partial charge in [-0.05, 0) is 55.0 Å². The second kappa shape index (κ2) is 6.93. The Hall–Kier alpha value is -1.87. The summed E-state index contributed by atoms with van der Waals surface area (Å²) in [7, 11) is 0. The van der Waals surface area contributed by atoms with Crippen molar-refractivity contribution in [1.29, 1.82) is 0 Å². The molecule has 3 rings (SSSR count). The van der Waals surface area contributed by atoms with Crippen molar-refractivity contribution in [1.82, 2.24) is 10.3 Å². The van der Waals surface area contributed by atoms with Crippen LogP contribution in [-0.2, 0) is 0 Å². The SMILES string of the molecule is O=C(N[C@H]1CCC[C@@H](c2ccc(Cl)cc2)C1)c1ccccn1. The van der Waals surface area contributed by atoms with Crippen molar-refractivity contribution >= 4 is 17.5 Å². The third-order valence-corrected chi connectivity index (χ3v) is 4.50. The molecule has 2 aromatic rings. The Morgan fingerprint density at radius 2 is 1.95 bits per heavy atom. The number of rotatable bonds is 3. The quantitative estimate of drug-likeness (QED) is 0.923. The number of hydrogen-bond donors (Lipinski definition) is 1. The zero-order valence-electron chi connectivity index (χ0n) is 12.3. The molecule has 0 radical (unpaired) electrons. The van der Waals surface area contributed by atoms with Gasteiger partial charge in [0.05, 0.1) is 0 Å². The third kappa shape index (κ3) is 3.66. The van der Waals surface area contributed by atoms with E-state index in [0.29, 0.717) is 11.6 Å². The second-order valence-electron chi connectivity index (χ2n) is 5.80. The predicted molar refractivity (Wildman–Crippen MR) is 88.2 cm³/mol. The fraction of sp³-hybridized carbons (Fsp3) is 0.333. The monoisotopic (exact) mass is 314 g/mol. The van der Waals surface area contributed by atoms with Crippen LogP contribution in [0.2, 0.25) is 5.02 Å². The van der Waals surface area contributed by atoms with Gasteiger partial charge in [-0.2, -0.15) is 0 Å². The minimum Gasteiger partial charge on any atom is -0.348 e. The molecule has 1 fully saturated rings. The highest BCUT2D eigenvalue weighted by Crippen LogP contribution is 2.33. The summed E-state index contributed by atoms with van der Waals surface area (Å²) in [6.07, 6.45) is 5.94. The van der Waals surface area contributed by atoms with E-state index < -0.39 is 0 Å². The largest absolute Gasteiger partial charge is 0.348 e. The molecule has 2 atom stereocenters. The summed E-state index contributed by atoms with van der Waals surface area (Å²) in [6.45, 7) is 0. The third-order valence-electron chi connectivity index (χ3n) is 4.25. The second-order valence-corrected chi connectivity index (χ2v) is 6.24. The Bertz CT molecular complexity index is 627. The average Bonchev–Trinajstić information content (AvgIpc) is 2.56. The van der Waals surface area contributed by atoms with Crippen LogP contribution >= 0.6 is 11.6 Å². The van der Waals surface area contributed by atoms with Gasteiger partial charge >= 0.3 is 0 Å². The first-order chi connectivity index (χ1) is 10.7. The lowest BCUT2D eigenvalue weighted by Gasteiger charge is -2.30. The van der Waals surface area contributed by atoms with Crippen LogP contribution in [0, 0.1) is 0 Å². The lowest BCUT2D eigenvalue weighted by atomic mass is 9.81. The number of carbonyl (C=O) groups excluding carboxylic acids is 1. The Kier molecular flexibility index (Phi) is 4.74. The molecular formula is C18H19ClN2O. The molecule has 0 aliphatic heterocycles. The Labute approximate surface area is 135 Å². The standard InChI is InChI=1S/C18H19ClN2O/c19-15-9-7-13(8-10-15)14-4-3-5-16(12-14)21-18(22)17-6-1-2-11-20-17/h1-2,6-11,14,16H,3-5,12H2,(H,21,22)/t14-,16+/m1/s1. The lowest BCUT2D eigenvalue weighted by Crippen LogP contribution is -2.38. The first-order valence-corrected chi connectivity index (χ1v) is 8.07. The molecule has 0 spiro atoms. The van der Waals surface area contributed by atoms with Crippen molar-refractivity contribution in [2.24, 2.45) is 0 Å². The summed E-state index contributed by atoms with van der Waals surface area (Å²) in [5.41, 5.74) is 1.79. The summed E-state index contributed by atoms with van der Waals surface area (Å²) in [4.78, 5) is 16.3. The molecule has 0 unspecified atom stereocenters. The summed E-state index contributed by atoms with van der Waals surface area (Å²) in [5, 5.41) is 3.88. The van der Waals surface area contributed by atoms with E-state index in [-0.39, 0.29) is 11.9 Å². The number of pyridine rings is 1. The minimum atomic E-state index is -0.0812. The molecule has 1 N–H and O–H groups in total. The number of aromatic nitrogens is 1. The van der Waals surface area contributed by atoms with E-state index >= 15 is 0 Å². The fourth-order valence-corrected chi connectivity index (χ4v) is 3.24.